The molecule has 0 unspecified atom stereocenters. The molecule has 0 fully saturated rings. The summed E-state index contributed by atoms with van der Waals surface area (Å²) in [7, 11) is 0. The first-order valence-electron chi connectivity index (χ1n) is 8.57. The zero-order valence-electron chi connectivity index (χ0n) is 15.6. The fourth-order valence-corrected chi connectivity index (χ4v) is 3.91. The fourth-order valence-electron chi connectivity index (χ4n) is 2.98. The molecule has 2 aromatic heterocycles. The predicted octanol–water partition coefficient (Wildman–Crippen LogP) is 4.20. The number of ketones is 1. The number of ether oxygens (including phenoxy) is 2. The Morgan fingerprint density at radius 3 is 2.46 bits per heavy atom. The third-order valence-corrected chi connectivity index (χ3v) is 5.24. The van der Waals surface area contributed by atoms with Gasteiger partial charge in [0.1, 0.15) is 10.7 Å². The molecule has 8 heteroatoms. The number of esters is 2. The number of aryl methyl sites for hydroxylation is 2. The van der Waals surface area contributed by atoms with E-state index in [-0.39, 0.29) is 22.6 Å². The number of benzene rings is 1. The first-order chi connectivity index (χ1) is 13.3. The number of fused-ring (bicyclic) bond motifs is 1. The van der Waals surface area contributed by atoms with Crippen LogP contribution in [0.5, 0.6) is 0 Å². The summed E-state index contributed by atoms with van der Waals surface area (Å²) in [5, 5.41) is 0.588. The number of aromatic nitrogens is 1. The van der Waals surface area contributed by atoms with Gasteiger partial charge >= 0.3 is 11.9 Å². The van der Waals surface area contributed by atoms with E-state index >= 15 is 0 Å². The largest absolute Gasteiger partial charge is 0.462 e. The lowest BCUT2D eigenvalue weighted by Crippen LogP contribution is -2.17. The van der Waals surface area contributed by atoms with Crippen LogP contribution in [0.15, 0.2) is 24.3 Å². The van der Waals surface area contributed by atoms with Crippen molar-refractivity contribution in [2.24, 2.45) is 0 Å². The summed E-state index contributed by atoms with van der Waals surface area (Å²) in [4.78, 5) is 40.3. The smallest absolute Gasteiger partial charge is 0.348 e. The number of Topliss-reactive ketones (excluding diaryl/α,β-unsaturated/α-hetero) is 1. The standard InChI is InChI=1S/C20H18FNO5S/c1-4-26-20(25)18-11(3)22-10(2)17(18)14(23)9-27-19(24)16-8-12-7-13(21)5-6-15(12)28-16/h5-8,22H,4,9H2,1-3H3. The van der Waals surface area contributed by atoms with Gasteiger partial charge < -0.3 is 14.5 Å². The number of hydrogen-bond acceptors (Lipinski definition) is 6. The van der Waals surface area contributed by atoms with Crippen molar-refractivity contribution in [3.8, 4) is 0 Å². The van der Waals surface area contributed by atoms with Crippen molar-refractivity contribution < 1.29 is 28.2 Å². The first kappa shape index (κ1) is 19.8. The van der Waals surface area contributed by atoms with Gasteiger partial charge in [-0.15, -0.1) is 11.3 Å². The molecule has 2 heterocycles. The summed E-state index contributed by atoms with van der Waals surface area (Å²) < 4.78 is 24.2. The number of carbonyl (C=O) groups excluding carboxylic acids is 3. The molecule has 6 nitrogen and oxygen atoms in total. The maximum atomic E-state index is 13.3. The molecule has 0 saturated heterocycles. The Kier molecular flexibility index (Phi) is 5.60. The first-order valence-corrected chi connectivity index (χ1v) is 9.39. The van der Waals surface area contributed by atoms with Gasteiger partial charge in [0.05, 0.1) is 17.7 Å². The molecule has 0 atom stereocenters. The zero-order valence-corrected chi connectivity index (χ0v) is 16.4. The second kappa shape index (κ2) is 7.93. The van der Waals surface area contributed by atoms with Crippen LogP contribution in [0.1, 0.15) is 48.7 Å². The lowest BCUT2D eigenvalue weighted by atomic mass is 10.1. The molecular weight excluding hydrogens is 385 g/mol. The molecule has 0 saturated carbocycles. The lowest BCUT2D eigenvalue weighted by molar-refractivity contribution is 0.0476. The van der Waals surface area contributed by atoms with E-state index in [1.807, 2.05) is 0 Å². The highest BCUT2D eigenvalue weighted by Gasteiger charge is 2.26. The third kappa shape index (κ3) is 3.82. The topological polar surface area (TPSA) is 85.5 Å². The van der Waals surface area contributed by atoms with E-state index in [9.17, 15) is 18.8 Å². The molecule has 0 aliphatic rings. The second-order valence-corrected chi connectivity index (χ2v) is 7.22. The molecule has 0 radical (unpaired) electrons. The van der Waals surface area contributed by atoms with Crippen molar-refractivity contribution in [3.63, 3.8) is 0 Å². The number of hydrogen-bond donors (Lipinski definition) is 1. The number of aromatic amines is 1. The normalized spacial score (nSPS) is 10.9. The lowest BCUT2D eigenvalue weighted by Gasteiger charge is -2.06. The monoisotopic (exact) mass is 403 g/mol. The second-order valence-electron chi connectivity index (χ2n) is 6.14. The Bertz CT molecular complexity index is 1080. The van der Waals surface area contributed by atoms with E-state index in [1.54, 1.807) is 26.8 Å². The van der Waals surface area contributed by atoms with Gasteiger partial charge in [-0.25, -0.2) is 14.0 Å². The van der Waals surface area contributed by atoms with Crippen LogP contribution in [0.2, 0.25) is 0 Å². The van der Waals surface area contributed by atoms with Crippen LogP contribution in [0.3, 0.4) is 0 Å². The Hall–Kier alpha value is -3.00. The van der Waals surface area contributed by atoms with Gasteiger partial charge in [-0.3, -0.25) is 4.79 Å². The van der Waals surface area contributed by atoms with E-state index < -0.39 is 30.1 Å². The average molecular weight is 403 g/mol. The van der Waals surface area contributed by atoms with Crippen LogP contribution >= 0.6 is 11.3 Å². The third-order valence-electron chi connectivity index (χ3n) is 4.15. The minimum absolute atomic E-state index is 0.151. The molecule has 0 bridgehead atoms. The number of carbonyl (C=O) groups is 3. The highest BCUT2D eigenvalue weighted by Crippen LogP contribution is 2.27. The molecule has 3 rings (SSSR count). The number of thiophene rings is 1. The molecule has 28 heavy (non-hydrogen) atoms. The Balaban J connectivity index is 1.76. The van der Waals surface area contributed by atoms with Crippen molar-refractivity contribution in [2.45, 2.75) is 20.8 Å². The van der Waals surface area contributed by atoms with Gasteiger partial charge in [0.2, 0.25) is 5.78 Å². The van der Waals surface area contributed by atoms with Crippen LogP contribution in [0.4, 0.5) is 4.39 Å². The highest BCUT2D eigenvalue weighted by atomic mass is 32.1. The van der Waals surface area contributed by atoms with E-state index in [2.05, 4.69) is 4.98 Å². The Morgan fingerprint density at radius 1 is 1.04 bits per heavy atom. The van der Waals surface area contributed by atoms with Gasteiger partial charge in [0.25, 0.3) is 0 Å². The maximum Gasteiger partial charge on any atom is 0.348 e. The molecule has 0 aliphatic heterocycles. The molecule has 146 valence electrons. The fraction of sp³-hybridized carbons (Fsp3) is 0.250. The molecule has 1 N–H and O–H groups in total. The van der Waals surface area contributed by atoms with Crippen molar-refractivity contribution in [1.82, 2.24) is 4.98 Å². The summed E-state index contributed by atoms with van der Waals surface area (Å²) in [6.07, 6.45) is 0. The number of H-pyrrole nitrogens is 1. The number of halogens is 1. The number of rotatable bonds is 6. The maximum absolute atomic E-state index is 13.3. The van der Waals surface area contributed by atoms with E-state index in [1.165, 1.54) is 18.2 Å². The van der Waals surface area contributed by atoms with Crippen molar-refractivity contribution in [1.29, 1.82) is 0 Å². The van der Waals surface area contributed by atoms with Crippen LogP contribution in [0.25, 0.3) is 10.1 Å². The van der Waals surface area contributed by atoms with Crippen LogP contribution in [0, 0.1) is 19.7 Å². The molecule has 0 amide bonds. The van der Waals surface area contributed by atoms with Crippen LogP contribution in [-0.2, 0) is 9.47 Å². The van der Waals surface area contributed by atoms with Gasteiger partial charge in [-0.05, 0) is 50.4 Å². The SMILES string of the molecule is CCOC(=O)c1c(C)[nH]c(C)c1C(=O)COC(=O)c1cc2cc(F)ccc2s1. The number of nitrogens with one attached hydrogen (secondary N) is 1. The van der Waals surface area contributed by atoms with Crippen molar-refractivity contribution in [2.75, 3.05) is 13.2 Å². The van der Waals surface area contributed by atoms with Crippen molar-refractivity contribution in [3.05, 3.63) is 57.5 Å². The average Bonchev–Trinajstić information content (AvgIpc) is 3.19. The summed E-state index contributed by atoms with van der Waals surface area (Å²) in [6, 6.07) is 5.73. The van der Waals surface area contributed by atoms with Crippen molar-refractivity contribution >= 4 is 39.1 Å². The van der Waals surface area contributed by atoms with E-state index in [0.29, 0.717) is 16.8 Å². The molecule has 0 spiro atoms. The van der Waals surface area contributed by atoms with Gasteiger partial charge in [0.15, 0.2) is 6.61 Å². The van der Waals surface area contributed by atoms with Gasteiger partial charge in [0, 0.05) is 16.1 Å². The van der Waals surface area contributed by atoms with Gasteiger partial charge in [-0.2, -0.15) is 0 Å². The molecule has 0 aliphatic carbocycles. The summed E-state index contributed by atoms with van der Waals surface area (Å²) >= 11 is 1.15. The summed E-state index contributed by atoms with van der Waals surface area (Å²) in [6.45, 7) is 4.65. The van der Waals surface area contributed by atoms with E-state index in [4.69, 9.17) is 9.47 Å². The van der Waals surface area contributed by atoms with Gasteiger partial charge in [-0.1, -0.05) is 0 Å². The quantitative estimate of drug-likeness (QED) is 0.492. The minimum Gasteiger partial charge on any atom is -0.462 e. The zero-order chi connectivity index (χ0) is 20.4. The molecule has 1 aromatic carbocycles. The highest BCUT2D eigenvalue weighted by molar-refractivity contribution is 7.20. The Morgan fingerprint density at radius 2 is 1.75 bits per heavy atom. The predicted molar refractivity (Wildman–Crippen MR) is 103 cm³/mol. The van der Waals surface area contributed by atoms with Crippen LogP contribution < -0.4 is 0 Å². The van der Waals surface area contributed by atoms with E-state index in [0.717, 1.165) is 16.0 Å². The summed E-state index contributed by atoms with van der Waals surface area (Å²) in [5.41, 5.74) is 1.32. The molecular formula is C20H18FNO5S. The molecule has 3 aromatic rings. The Labute approximate surface area is 164 Å². The van der Waals surface area contributed by atoms with Crippen LogP contribution in [-0.4, -0.2) is 35.9 Å². The minimum atomic E-state index is -0.683. The summed E-state index contributed by atoms with van der Waals surface area (Å²) in [5.74, 6) is -2.20.